The van der Waals surface area contributed by atoms with Gasteiger partial charge in [-0.2, -0.15) is 0 Å². The van der Waals surface area contributed by atoms with Crippen LogP contribution < -0.4 is 0 Å². The molecule has 0 saturated carbocycles. The van der Waals surface area contributed by atoms with Crippen LogP contribution >= 0.6 is 15.9 Å². The summed E-state index contributed by atoms with van der Waals surface area (Å²) in [5, 5.41) is 1.83. The van der Waals surface area contributed by atoms with Crippen LogP contribution in [0.2, 0.25) is 0 Å². The summed E-state index contributed by atoms with van der Waals surface area (Å²) in [6.45, 7) is 3.37. The van der Waals surface area contributed by atoms with Crippen LogP contribution in [0.25, 0.3) is 10.9 Å². The third-order valence-electron chi connectivity index (χ3n) is 2.84. The number of benzene rings is 1. The zero-order chi connectivity index (χ0) is 13.0. The van der Waals surface area contributed by atoms with Crippen LogP contribution in [0, 0.1) is 0 Å². The monoisotopic (exact) mass is 306 g/mol. The Balaban J connectivity index is 2.32. The van der Waals surface area contributed by atoms with E-state index in [0.717, 1.165) is 16.2 Å². The number of pyridine rings is 1. The number of para-hydroxylation sites is 1. The molecular formula is C14H15BrN2O. The summed E-state index contributed by atoms with van der Waals surface area (Å²) < 4.78 is 0. The topological polar surface area (TPSA) is 33.2 Å². The van der Waals surface area contributed by atoms with E-state index in [1.54, 1.807) is 11.0 Å². The van der Waals surface area contributed by atoms with Crippen molar-refractivity contribution < 1.29 is 4.79 Å². The number of rotatable bonds is 4. The molecule has 0 saturated heterocycles. The van der Waals surface area contributed by atoms with E-state index in [9.17, 15) is 4.79 Å². The van der Waals surface area contributed by atoms with E-state index in [1.807, 2.05) is 37.3 Å². The average molecular weight is 307 g/mol. The summed E-state index contributed by atoms with van der Waals surface area (Å²) >= 11 is 3.36. The van der Waals surface area contributed by atoms with Gasteiger partial charge in [0.2, 0.25) is 0 Å². The Morgan fingerprint density at radius 1 is 1.28 bits per heavy atom. The number of fused-ring (bicyclic) bond motifs is 1. The smallest absolute Gasteiger partial charge is 0.272 e. The van der Waals surface area contributed by atoms with E-state index in [4.69, 9.17) is 0 Å². The molecule has 0 aliphatic carbocycles. The molecule has 0 aliphatic heterocycles. The molecule has 0 atom stereocenters. The highest BCUT2D eigenvalue weighted by Crippen LogP contribution is 2.13. The van der Waals surface area contributed by atoms with Crippen molar-refractivity contribution in [2.45, 2.75) is 6.92 Å². The van der Waals surface area contributed by atoms with Crippen LogP contribution in [0.5, 0.6) is 0 Å². The van der Waals surface area contributed by atoms with Gasteiger partial charge in [0.1, 0.15) is 5.69 Å². The lowest BCUT2D eigenvalue weighted by Gasteiger charge is -2.19. The number of amides is 1. The Morgan fingerprint density at radius 3 is 2.78 bits per heavy atom. The van der Waals surface area contributed by atoms with Crippen molar-refractivity contribution in [2.75, 3.05) is 18.4 Å². The van der Waals surface area contributed by atoms with Gasteiger partial charge in [0.25, 0.3) is 5.91 Å². The first-order valence-electron chi connectivity index (χ1n) is 5.97. The van der Waals surface area contributed by atoms with Gasteiger partial charge >= 0.3 is 0 Å². The third kappa shape index (κ3) is 2.70. The number of hydrogen-bond acceptors (Lipinski definition) is 2. The SMILES string of the molecule is CCN(CCBr)C(=O)c1ccc2ccccc2n1. The molecule has 18 heavy (non-hydrogen) atoms. The maximum atomic E-state index is 12.3. The van der Waals surface area contributed by atoms with E-state index in [1.165, 1.54) is 0 Å². The van der Waals surface area contributed by atoms with Gasteiger partial charge in [0.15, 0.2) is 0 Å². The molecule has 2 rings (SSSR count). The van der Waals surface area contributed by atoms with Crippen LogP contribution in [0.15, 0.2) is 36.4 Å². The Morgan fingerprint density at radius 2 is 2.06 bits per heavy atom. The lowest BCUT2D eigenvalue weighted by Crippen LogP contribution is -2.33. The van der Waals surface area contributed by atoms with E-state index in [0.29, 0.717) is 18.8 Å². The number of carbonyl (C=O) groups excluding carboxylic acids is 1. The number of aromatic nitrogens is 1. The zero-order valence-electron chi connectivity index (χ0n) is 10.3. The molecule has 1 heterocycles. The lowest BCUT2D eigenvalue weighted by atomic mass is 10.2. The average Bonchev–Trinajstić information content (AvgIpc) is 2.43. The maximum Gasteiger partial charge on any atom is 0.272 e. The first kappa shape index (κ1) is 13.0. The molecule has 1 aromatic heterocycles. The molecule has 3 nitrogen and oxygen atoms in total. The molecule has 0 radical (unpaired) electrons. The first-order chi connectivity index (χ1) is 8.76. The van der Waals surface area contributed by atoms with Crippen molar-refractivity contribution in [3.63, 3.8) is 0 Å². The summed E-state index contributed by atoms with van der Waals surface area (Å²) in [6, 6.07) is 11.5. The number of carbonyl (C=O) groups is 1. The molecule has 0 fully saturated rings. The van der Waals surface area contributed by atoms with Gasteiger partial charge in [0.05, 0.1) is 5.52 Å². The largest absolute Gasteiger partial charge is 0.337 e. The minimum atomic E-state index is -0.0114. The number of halogens is 1. The standard InChI is InChI=1S/C14H15BrN2O/c1-2-17(10-9-15)14(18)13-8-7-11-5-3-4-6-12(11)16-13/h3-8H,2,9-10H2,1H3. The molecule has 4 heteroatoms. The third-order valence-corrected chi connectivity index (χ3v) is 3.20. The summed E-state index contributed by atoms with van der Waals surface area (Å²) in [5.74, 6) is -0.0114. The Bertz CT molecular complexity index is 556. The van der Waals surface area contributed by atoms with E-state index < -0.39 is 0 Å². The van der Waals surface area contributed by atoms with Crippen LogP contribution in [-0.4, -0.2) is 34.2 Å². The fraction of sp³-hybridized carbons (Fsp3) is 0.286. The fourth-order valence-corrected chi connectivity index (χ4v) is 2.28. The molecule has 1 aromatic carbocycles. The maximum absolute atomic E-state index is 12.3. The molecule has 0 spiro atoms. The summed E-state index contributed by atoms with van der Waals surface area (Å²) in [7, 11) is 0. The van der Waals surface area contributed by atoms with Gasteiger partial charge in [0, 0.05) is 23.8 Å². The van der Waals surface area contributed by atoms with Crippen molar-refractivity contribution >= 4 is 32.7 Å². The van der Waals surface area contributed by atoms with Gasteiger partial charge in [-0.15, -0.1) is 0 Å². The minimum absolute atomic E-state index is 0.0114. The van der Waals surface area contributed by atoms with Gasteiger partial charge in [-0.1, -0.05) is 40.2 Å². The van der Waals surface area contributed by atoms with Crippen molar-refractivity contribution in [3.05, 3.63) is 42.1 Å². The van der Waals surface area contributed by atoms with Crippen molar-refractivity contribution in [2.24, 2.45) is 0 Å². The number of nitrogens with zero attached hydrogens (tertiary/aromatic N) is 2. The Kier molecular flexibility index (Phi) is 4.31. The van der Waals surface area contributed by atoms with Crippen LogP contribution in [0.3, 0.4) is 0 Å². The van der Waals surface area contributed by atoms with Crippen LogP contribution in [-0.2, 0) is 0 Å². The molecule has 94 valence electrons. The lowest BCUT2D eigenvalue weighted by molar-refractivity contribution is 0.0769. The molecule has 0 bridgehead atoms. The Labute approximate surface area is 115 Å². The van der Waals surface area contributed by atoms with Gasteiger partial charge in [-0.3, -0.25) is 4.79 Å². The summed E-state index contributed by atoms with van der Waals surface area (Å²) in [5.41, 5.74) is 1.37. The van der Waals surface area contributed by atoms with Crippen LogP contribution in [0.1, 0.15) is 17.4 Å². The predicted molar refractivity (Wildman–Crippen MR) is 77.1 cm³/mol. The number of hydrogen-bond donors (Lipinski definition) is 0. The second-order valence-corrected chi connectivity index (χ2v) is 4.76. The second-order valence-electron chi connectivity index (χ2n) is 3.96. The quantitative estimate of drug-likeness (QED) is 0.813. The zero-order valence-corrected chi connectivity index (χ0v) is 11.9. The highest BCUT2D eigenvalue weighted by molar-refractivity contribution is 9.09. The van der Waals surface area contributed by atoms with Crippen molar-refractivity contribution in [1.29, 1.82) is 0 Å². The predicted octanol–water partition coefficient (Wildman–Crippen LogP) is 3.09. The second kappa shape index (κ2) is 5.96. The van der Waals surface area contributed by atoms with E-state index in [-0.39, 0.29) is 5.91 Å². The highest BCUT2D eigenvalue weighted by atomic mass is 79.9. The molecule has 2 aromatic rings. The molecule has 0 unspecified atom stereocenters. The van der Waals surface area contributed by atoms with Gasteiger partial charge < -0.3 is 4.90 Å². The molecule has 1 amide bonds. The first-order valence-corrected chi connectivity index (χ1v) is 7.09. The summed E-state index contributed by atoms with van der Waals surface area (Å²) in [4.78, 5) is 18.5. The Hall–Kier alpha value is -1.42. The fourth-order valence-electron chi connectivity index (χ4n) is 1.85. The van der Waals surface area contributed by atoms with Gasteiger partial charge in [-0.05, 0) is 19.1 Å². The minimum Gasteiger partial charge on any atom is -0.337 e. The normalized spacial score (nSPS) is 10.6. The van der Waals surface area contributed by atoms with Crippen LogP contribution in [0.4, 0.5) is 0 Å². The van der Waals surface area contributed by atoms with E-state index in [2.05, 4.69) is 20.9 Å². The van der Waals surface area contributed by atoms with Gasteiger partial charge in [-0.25, -0.2) is 4.98 Å². The molecule has 0 aliphatic rings. The number of alkyl halides is 1. The molecular weight excluding hydrogens is 292 g/mol. The molecule has 0 N–H and O–H groups in total. The van der Waals surface area contributed by atoms with E-state index >= 15 is 0 Å². The van der Waals surface area contributed by atoms with Crippen molar-refractivity contribution in [1.82, 2.24) is 9.88 Å². The highest BCUT2D eigenvalue weighted by Gasteiger charge is 2.14. The van der Waals surface area contributed by atoms with Crippen molar-refractivity contribution in [3.8, 4) is 0 Å². The summed E-state index contributed by atoms with van der Waals surface area (Å²) in [6.07, 6.45) is 0.